The SMILES string of the molecule is CCCNC(=O)CCn1c(Cc2c(Cl)cccc2Cl)nc2ccccc21. The third-order valence-electron chi connectivity index (χ3n) is 4.26. The van der Waals surface area contributed by atoms with Gasteiger partial charge in [-0.05, 0) is 36.2 Å². The van der Waals surface area contributed by atoms with Gasteiger partial charge in [-0.2, -0.15) is 0 Å². The fourth-order valence-electron chi connectivity index (χ4n) is 2.94. The van der Waals surface area contributed by atoms with E-state index in [0.29, 0.717) is 36.0 Å². The molecule has 1 heterocycles. The second-order valence-corrected chi connectivity index (χ2v) is 6.96. The maximum Gasteiger partial charge on any atom is 0.221 e. The highest BCUT2D eigenvalue weighted by Crippen LogP contribution is 2.28. The number of rotatable bonds is 7. The standard InChI is InChI=1S/C20H21Cl2N3O/c1-2-11-23-20(26)10-12-25-18-9-4-3-8-17(18)24-19(25)13-14-15(21)6-5-7-16(14)22/h3-9H,2,10-13H2,1H3,(H,23,26). The first kappa shape index (κ1) is 18.7. The molecule has 26 heavy (non-hydrogen) atoms. The number of para-hydroxylation sites is 2. The molecule has 0 saturated carbocycles. The summed E-state index contributed by atoms with van der Waals surface area (Å²) in [5.74, 6) is 0.899. The lowest BCUT2D eigenvalue weighted by Crippen LogP contribution is -2.25. The molecular weight excluding hydrogens is 369 g/mol. The maximum absolute atomic E-state index is 12.0. The number of nitrogens with zero attached hydrogens (tertiary/aromatic N) is 2. The van der Waals surface area contributed by atoms with Crippen LogP contribution in [0.15, 0.2) is 42.5 Å². The number of nitrogens with one attached hydrogen (secondary N) is 1. The molecule has 1 aromatic heterocycles. The van der Waals surface area contributed by atoms with Gasteiger partial charge in [-0.25, -0.2) is 4.98 Å². The summed E-state index contributed by atoms with van der Waals surface area (Å²) < 4.78 is 2.08. The molecule has 0 spiro atoms. The smallest absolute Gasteiger partial charge is 0.221 e. The minimum atomic E-state index is 0.0476. The molecule has 0 fully saturated rings. The molecule has 0 aliphatic rings. The first-order valence-electron chi connectivity index (χ1n) is 8.74. The van der Waals surface area contributed by atoms with Gasteiger partial charge in [0.05, 0.1) is 11.0 Å². The lowest BCUT2D eigenvalue weighted by molar-refractivity contribution is -0.121. The summed E-state index contributed by atoms with van der Waals surface area (Å²) in [6.45, 7) is 3.30. The van der Waals surface area contributed by atoms with Crippen LogP contribution in [0, 0.1) is 0 Å². The van der Waals surface area contributed by atoms with Crippen LogP contribution >= 0.6 is 23.2 Å². The number of hydrogen-bond donors (Lipinski definition) is 1. The lowest BCUT2D eigenvalue weighted by atomic mass is 10.1. The monoisotopic (exact) mass is 389 g/mol. The topological polar surface area (TPSA) is 46.9 Å². The van der Waals surface area contributed by atoms with E-state index in [0.717, 1.165) is 28.8 Å². The third-order valence-corrected chi connectivity index (χ3v) is 4.97. The molecule has 3 aromatic rings. The highest BCUT2D eigenvalue weighted by Gasteiger charge is 2.15. The summed E-state index contributed by atoms with van der Waals surface area (Å²) in [5, 5.41) is 4.16. The third kappa shape index (κ3) is 4.19. The molecule has 6 heteroatoms. The van der Waals surface area contributed by atoms with E-state index in [2.05, 4.69) is 9.88 Å². The number of benzene rings is 2. The molecule has 3 rings (SSSR count). The molecule has 0 aliphatic heterocycles. The Bertz CT molecular complexity index is 900. The molecule has 136 valence electrons. The van der Waals surface area contributed by atoms with Crippen LogP contribution in [0.1, 0.15) is 31.2 Å². The number of carbonyl (C=O) groups excluding carboxylic acids is 1. The van der Waals surface area contributed by atoms with Crippen LogP contribution in [-0.4, -0.2) is 22.0 Å². The van der Waals surface area contributed by atoms with Crippen LogP contribution < -0.4 is 5.32 Å². The highest BCUT2D eigenvalue weighted by molar-refractivity contribution is 6.36. The van der Waals surface area contributed by atoms with Crippen molar-refractivity contribution in [3.05, 3.63) is 63.9 Å². The summed E-state index contributed by atoms with van der Waals surface area (Å²) >= 11 is 12.7. The molecule has 0 saturated heterocycles. The van der Waals surface area contributed by atoms with E-state index in [-0.39, 0.29) is 5.91 Å². The van der Waals surface area contributed by atoms with Crippen molar-refractivity contribution in [1.82, 2.24) is 14.9 Å². The van der Waals surface area contributed by atoms with E-state index >= 15 is 0 Å². The van der Waals surface area contributed by atoms with Crippen LogP contribution in [0.4, 0.5) is 0 Å². The van der Waals surface area contributed by atoms with Gasteiger partial charge < -0.3 is 9.88 Å². The van der Waals surface area contributed by atoms with E-state index in [1.807, 2.05) is 49.4 Å². The number of imidazole rings is 1. The van der Waals surface area contributed by atoms with Gasteiger partial charge in [0.1, 0.15) is 5.82 Å². The van der Waals surface area contributed by atoms with Crippen molar-refractivity contribution in [3.63, 3.8) is 0 Å². The van der Waals surface area contributed by atoms with Crippen molar-refractivity contribution in [2.24, 2.45) is 0 Å². The molecule has 4 nitrogen and oxygen atoms in total. The van der Waals surface area contributed by atoms with Crippen molar-refractivity contribution < 1.29 is 4.79 Å². The largest absolute Gasteiger partial charge is 0.356 e. The lowest BCUT2D eigenvalue weighted by Gasteiger charge is -2.11. The van der Waals surface area contributed by atoms with Gasteiger partial charge in [0, 0.05) is 36.0 Å². The van der Waals surface area contributed by atoms with E-state index in [4.69, 9.17) is 28.2 Å². The molecule has 1 amide bonds. The van der Waals surface area contributed by atoms with Crippen molar-refractivity contribution in [3.8, 4) is 0 Å². The van der Waals surface area contributed by atoms with Crippen LogP contribution in [-0.2, 0) is 17.8 Å². The molecule has 2 aromatic carbocycles. The van der Waals surface area contributed by atoms with E-state index in [1.54, 1.807) is 0 Å². The molecule has 0 unspecified atom stereocenters. The van der Waals surface area contributed by atoms with Gasteiger partial charge in [-0.15, -0.1) is 0 Å². The summed E-state index contributed by atoms with van der Waals surface area (Å²) in [6.07, 6.45) is 1.85. The average molecular weight is 390 g/mol. The van der Waals surface area contributed by atoms with Gasteiger partial charge in [-0.1, -0.05) is 48.3 Å². The first-order valence-corrected chi connectivity index (χ1v) is 9.49. The minimum absolute atomic E-state index is 0.0476. The zero-order valence-electron chi connectivity index (χ0n) is 14.6. The number of carbonyl (C=O) groups is 1. The van der Waals surface area contributed by atoms with Gasteiger partial charge in [0.25, 0.3) is 0 Å². The fraction of sp³-hybridized carbons (Fsp3) is 0.300. The summed E-state index contributed by atoms with van der Waals surface area (Å²) in [4.78, 5) is 16.8. The van der Waals surface area contributed by atoms with E-state index in [9.17, 15) is 4.79 Å². The number of aromatic nitrogens is 2. The van der Waals surface area contributed by atoms with Crippen molar-refractivity contribution in [1.29, 1.82) is 0 Å². The summed E-state index contributed by atoms with van der Waals surface area (Å²) in [5.41, 5.74) is 2.76. The molecule has 0 atom stereocenters. The van der Waals surface area contributed by atoms with Crippen LogP contribution in [0.5, 0.6) is 0 Å². The summed E-state index contributed by atoms with van der Waals surface area (Å²) in [6, 6.07) is 13.4. The Morgan fingerprint density at radius 1 is 1.12 bits per heavy atom. The van der Waals surface area contributed by atoms with E-state index in [1.165, 1.54) is 0 Å². The van der Waals surface area contributed by atoms with Gasteiger partial charge in [0.15, 0.2) is 0 Å². The zero-order chi connectivity index (χ0) is 18.5. The number of halogens is 2. The van der Waals surface area contributed by atoms with Gasteiger partial charge >= 0.3 is 0 Å². The first-order chi connectivity index (χ1) is 12.6. The normalized spacial score (nSPS) is 11.0. The van der Waals surface area contributed by atoms with Crippen molar-refractivity contribution in [2.45, 2.75) is 32.7 Å². The second-order valence-electron chi connectivity index (χ2n) is 6.15. The fourth-order valence-corrected chi connectivity index (χ4v) is 3.47. The molecule has 0 bridgehead atoms. The number of amides is 1. The number of hydrogen-bond acceptors (Lipinski definition) is 2. The van der Waals surface area contributed by atoms with Crippen LogP contribution in [0.2, 0.25) is 10.0 Å². The quantitative estimate of drug-likeness (QED) is 0.627. The maximum atomic E-state index is 12.0. The predicted octanol–water partition coefficient (Wildman–Crippen LogP) is 4.85. The Hall–Kier alpha value is -2.04. The molecule has 0 radical (unpaired) electrons. The van der Waals surface area contributed by atoms with E-state index < -0.39 is 0 Å². The van der Waals surface area contributed by atoms with Crippen molar-refractivity contribution in [2.75, 3.05) is 6.54 Å². The number of fused-ring (bicyclic) bond motifs is 1. The Balaban J connectivity index is 1.91. The van der Waals surface area contributed by atoms with Gasteiger partial charge in [-0.3, -0.25) is 4.79 Å². The van der Waals surface area contributed by atoms with Crippen LogP contribution in [0.3, 0.4) is 0 Å². The van der Waals surface area contributed by atoms with Gasteiger partial charge in [0.2, 0.25) is 5.91 Å². The zero-order valence-corrected chi connectivity index (χ0v) is 16.1. The second kappa shape index (κ2) is 8.56. The van der Waals surface area contributed by atoms with Crippen molar-refractivity contribution >= 4 is 40.1 Å². The molecular formula is C20H21Cl2N3O. The minimum Gasteiger partial charge on any atom is -0.356 e. The molecule has 1 N–H and O–H groups in total. The number of aryl methyl sites for hydroxylation is 1. The summed E-state index contributed by atoms with van der Waals surface area (Å²) in [7, 11) is 0. The molecule has 0 aliphatic carbocycles. The Labute approximate surface area is 163 Å². The Morgan fingerprint density at radius 3 is 2.58 bits per heavy atom. The Morgan fingerprint density at radius 2 is 1.85 bits per heavy atom. The highest BCUT2D eigenvalue weighted by atomic mass is 35.5. The predicted molar refractivity (Wildman–Crippen MR) is 107 cm³/mol. The average Bonchev–Trinajstić information content (AvgIpc) is 2.98. The Kier molecular flexibility index (Phi) is 6.17. The van der Waals surface area contributed by atoms with Crippen LogP contribution in [0.25, 0.3) is 11.0 Å².